The molecule has 2 aromatic carbocycles. The van der Waals surface area contributed by atoms with Crippen LogP contribution in [-0.2, 0) is 11.3 Å². The van der Waals surface area contributed by atoms with E-state index in [2.05, 4.69) is 36.2 Å². The van der Waals surface area contributed by atoms with Crippen molar-refractivity contribution in [1.29, 1.82) is 0 Å². The monoisotopic (exact) mass is 458 g/mol. The highest BCUT2D eigenvalue weighted by Gasteiger charge is 2.18. The van der Waals surface area contributed by atoms with Crippen LogP contribution in [0.25, 0.3) is 22.4 Å². The van der Waals surface area contributed by atoms with Crippen LogP contribution in [0.15, 0.2) is 71.8 Å². The van der Waals surface area contributed by atoms with E-state index >= 15 is 0 Å². The van der Waals surface area contributed by atoms with Gasteiger partial charge in [-0.25, -0.2) is 22.8 Å². The minimum Gasteiger partial charge on any atom is -0.314 e. The van der Waals surface area contributed by atoms with Crippen LogP contribution in [0.5, 0.6) is 0 Å². The van der Waals surface area contributed by atoms with E-state index < -0.39 is 5.69 Å². The zero-order valence-corrected chi connectivity index (χ0v) is 19.0. The van der Waals surface area contributed by atoms with Gasteiger partial charge in [0.25, 0.3) is 0 Å². The molecule has 0 N–H and O–H groups in total. The second kappa shape index (κ2) is 8.26. The molecule has 34 heavy (non-hydrogen) atoms. The third-order valence-corrected chi connectivity index (χ3v) is 5.94. The maximum absolute atomic E-state index is 13.2. The first kappa shape index (κ1) is 21.6. The van der Waals surface area contributed by atoms with Crippen molar-refractivity contribution >= 4 is 22.8 Å². The van der Waals surface area contributed by atoms with Crippen LogP contribution >= 0.6 is 0 Å². The first-order chi connectivity index (χ1) is 16.3. The summed E-state index contributed by atoms with van der Waals surface area (Å²) < 4.78 is 17.4. The van der Waals surface area contributed by atoms with Gasteiger partial charge < -0.3 is 4.90 Å². The molecule has 1 amide bonds. The molecule has 5 aromatic rings. The number of carbonyl (C=O) groups excluding carboxylic acids is 1. The van der Waals surface area contributed by atoms with Gasteiger partial charge in [0, 0.05) is 30.7 Å². The number of rotatable bonds is 5. The average Bonchev–Trinajstić information content (AvgIpc) is 3.40. The molecule has 9 heteroatoms. The Kier molecular flexibility index (Phi) is 5.24. The van der Waals surface area contributed by atoms with Crippen molar-refractivity contribution in [3.05, 3.63) is 88.9 Å². The van der Waals surface area contributed by atoms with Gasteiger partial charge in [0.2, 0.25) is 5.91 Å². The van der Waals surface area contributed by atoms with E-state index in [4.69, 9.17) is 0 Å². The summed E-state index contributed by atoms with van der Waals surface area (Å²) in [6, 6.07) is 15.7. The lowest BCUT2D eigenvalue weighted by molar-refractivity contribution is -0.119. The third kappa shape index (κ3) is 3.75. The lowest BCUT2D eigenvalue weighted by Gasteiger charge is -2.16. The molecule has 0 aliphatic heterocycles. The lowest BCUT2D eigenvalue weighted by Crippen LogP contribution is -2.34. The Bertz CT molecular complexity index is 1560. The van der Waals surface area contributed by atoms with Gasteiger partial charge in [-0.15, -0.1) is 5.10 Å². The topological polar surface area (TPSA) is 76.9 Å². The lowest BCUT2D eigenvalue weighted by atomic mass is 10.0. The van der Waals surface area contributed by atoms with Crippen molar-refractivity contribution in [1.82, 2.24) is 23.8 Å². The number of nitrogens with zero attached hydrogens (tertiary/aromatic N) is 6. The maximum Gasteiger partial charge on any atom is 0.350 e. The molecule has 0 fully saturated rings. The number of hydrogen-bond donors (Lipinski definition) is 0. The van der Waals surface area contributed by atoms with Crippen LogP contribution in [0.4, 0.5) is 10.1 Å². The quantitative estimate of drug-likeness (QED) is 0.402. The van der Waals surface area contributed by atoms with Crippen molar-refractivity contribution in [2.75, 3.05) is 11.9 Å². The van der Waals surface area contributed by atoms with Crippen LogP contribution < -0.4 is 10.6 Å². The first-order valence-corrected chi connectivity index (χ1v) is 10.9. The molecular formula is C25H23FN6O2. The standard InChI is InChI=1S/C25H23FN6O2/c1-16(2)17-4-6-18(7-5-17)21-14-22-24-28-32(25(34)30(24)12-13-31(22)27-21)15-23(33)29(3)20-10-8-19(26)9-11-20/h4-14,16H,15H2,1-3H3. The van der Waals surface area contributed by atoms with Gasteiger partial charge in [-0.3, -0.25) is 4.79 Å². The minimum absolute atomic E-state index is 0.252. The summed E-state index contributed by atoms with van der Waals surface area (Å²) in [7, 11) is 1.57. The number of amides is 1. The van der Waals surface area contributed by atoms with Crippen molar-refractivity contribution in [3.8, 4) is 11.3 Å². The average molecular weight is 458 g/mol. The van der Waals surface area contributed by atoms with Crippen LogP contribution in [-0.4, -0.2) is 36.8 Å². The Morgan fingerprint density at radius 3 is 2.41 bits per heavy atom. The van der Waals surface area contributed by atoms with E-state index in [-0.39, 0.29) is 18.3 Å². The van der Waals surface area contributed by atoms with Gasteiger partial charge in [0.15, 0.2) is 5.65 Å². The number of halogens is 1. The van der Waals surface area contributed by atoms with Crippen LogP contribution in [0.1, 0.15) is 25.3 Å². The molecule has 0 aliphatic carbocycles. The van der Waals surface area contributed by atoms with Crippen molar-refractivity contribution in [3.63, 3.8) is 0 Å². The Morgan fingerprint density at radius 1 is 1.03 bits per heavy atom. The van der Waals surface area contributed by atoms with Gasteiger partial charge >= 0.3 is 5.69 Å². The molecule has 8 nitrogen and oxygen atoms in total. The highest BCUT2D eigenvalue weighted by molar-refractivity contribution is 5.92. The van der Waals surface area contributed by atoms with E-state index in [0.29, 0.717) is 22.8 Å². The molecule has 0 saturated carbocycles. The van der Waals surface area contributed by atoms with E-state index in [1.54, 1.807) is 24.0 Å². The van der Waals surface area contributed by atoms with E-state index in [0.717, 1.165) is 15.9 Å². The summed E-state index contributed by atoms with van der Waals surface area (Å²) in [5.41, 5.74) is 4.12. The van der Waals surface area contributed by atoms with Crippen molar-refractivity contribution in [2.45, 2.75) is 26.3 Å². The Hall–Kier alpha value is -4.27. The summed E-state index contributed by atoms with van der Waals surface area (Å²) >= 11 is 0. The summed E-state index contributed by atoms with van der Waals surface area (Å²) in [5.74, 6) is -0.302. The number of fused-ring (bicyclic) bond motifs is 3. The number of aromatic nitrogens is 5. The van der Waals surface area contributed by atoms with Gasteiger partial charge in [0.05, 0.1) is 5.69 Å². The second-order valence-electron chi connectivity index (χ2n) is 8.50. The number of likely N-dealkylation sites (N-methyl/N-ethyl adjacent to an activating group) is 1. The molecule has 3 aromatic heterocycles. The highest BCUT2D eigenvalue weighted by Crippen LogP contribution is 2.24. The predicted octanol–water partition coefficient (Wildman–Crippen LogP) is 3.74. The minimum atomic E-state index is -0.428. The fourth-order valence-corrected chi connectivity index (χ4v) is 3.86. The molecule has 172 valence electrons. The van der Waals surface area contributed by atoms with E-state index in [1.807, 2.05) is 18.2 Å². The van der Waals surface area contributed by atoms with Crippen molar-refractivity contribution in [2.24, 2.45) is 0 Å². The smallest absolute Gasteiger partial charge is 0.314 e. The summed E-state index contributed by atoms with van der Waals surface area (Å²) in [5, 5.41) is 9.04. The Morgan fingerprint density at radius 2 is 1.74 bits per heavy atom. The van der Waals surface area contributed by atoms with Crippen LogP contribution in [0, 0.1) is 5.82 Å². The van der Waals surface area contributed by atoms with Crippen LogP contribution in [0.2, 0.25) is 0 Å². The number of carbonyl (C=O) groups is 1. The van der Waals surface area contributed by atoms with E-state index in [1.165, 1.54) is 39.1 Å². The second-order valence-corrected chi connectivity index (χ2v) is 8.50. The zero-order chi connectivity index (χ0) is 24.0. The number of hydrogen-bond acceptors (Lipinski definition) is 4. The zero-order valence-electron chi connectivity index (χ0n) is 19.0. The summed E-state index contributed by atoms with van der Waals surface area (Å²) in [6.45, 7) is 4.04. The van der Waals surface area contributed by atoms with Crippen LogP contribution in [0.3, 0.4) is 0 Å². The van der Waals surface area contributed by atoms with Gasteiger partial charge in [0.1, 0.15) is 17.9 Å². The molecular weight excluding hydrogens is 435 g/mol. The molecule has 0 spiro atoms. The molecule has 0 radical (unpaired) electrons. The summed E-state index contributed by atoms with van der Waals surface area (Å²) in [6.07, 6.45) is 3.27. The summed E-state index contributed by atoms with van der Waals surface area (Å²) in [4.78, 5) is 27.0. The molecule has 5 rings (SSSR count). The number of anilines is 1. The van der Waals surface area contributed by atoms with Gasteiger partial charge in [-0.1, -0.05) is 38.1 Å². The van der Waals surface area contributed by atoms with Gasteiger partial charge in [-0.2, -0.15) is 5.10 Å². The molecule has 0 saturated heterocycles. The fourth-order valence-electron chi connectivity index (χ4n) is 3.86. The number of benzene rings is 2. The maximum atomic E-state index is 13.2. The molecule has 0 atom stereocenters. The Balaban J connectivity index is 1.48. The van der Waals surface area contributed by atoms with Crippen molar-refractivity contribution < 1.29 is 9.18 Å². The first-order valence-electron chi connectivity index (χ1n) is 10.9. The Labute approximate surface area is 194 Å². The molecule has 0 aliphatic rings. The normalized spacial score (nSPS) is 11.6. The fraction of sp³-hybridized carbons (Fsp3) is 0.200. The van der Waals surface area contributed by atoms with E-state index in [9.17, 15) is 14.0 Å². The van der Waals surface area contributed by atoms with Gasteiger partial charge in [-0.05, 0) is 41.8 Å². The molecule has 3 heterocycles. The molecule has 0 unspecified atom stereocenters. The predicted molar refractivity (Wildman–Crippen MR) is 128 cm³/mol. The highest BCUT2D eigenvalue weighted by atomic mass is 19.1. The largest absolute Gasteiger partial charge is 0.350 e. The molecule has 0 bridgehead atoms. The third-order valence-electron chi connectivity index (χ3n) is 5.94. The SMILES string of the molecule is CC(C)c1ccc(-c2cc3c4nn(CC(=O)N(C)c5ccc(F)cc5)c(=O)n4ccn3n2)cc1.